The largest absolute Gasteiger partial charge is 0.340 e. The average molecular weight is 316 g/mol. The van der Waals surface area contributed by atoms with Gasteiger partial charge in [0.2, 0.25) is 5.91 Å². The molecule has 1 aliphatic heterocycles. The molecule has 1 aromatic rings. The van der Waals surface area contributed by atoms with Crippen LogP contribution >= 0.6 is 0 Å². The fraction of sp³-hybridized carbons (Fsp3) is 0.650. The van der Waals surface area contributed by atoms with Crippen LogP contribution in [-0.2, 0) is 11.3 Å². The summed E-state index contributed by atoms with van der Waals surface area (Å²) in [4.78, 5) is 16.8. The van der Waals surface area contributed by atoms with Crippen molar-refractivity contribution in [3.05, 3.63) is 35.9 Å². The first kappa shape index (κ1) is 18.0. The fourth-order valence-electron chi connectivity index (χ4n) is 3.21. The first-order valence-electron chi connectivity index (χ1n) is 9.33. The van der Waals surface area contributed by atoms with Crippen molar-refractivity contribution < 1.29 is 4.79 Å². The Bertz CT molecular complexity index is 438. The molecule has 3 nitrogen and oxygen atoms in total. The molecule has 0 spiro atoms. The van der Waals surface area contributed by atoms with Crippen LogP contribution in [0, 0.1) is 0 Å². The van der Waals surface area contributed by atoms with Crippen molar-refractivity contribution in [2.45, 2.75) is 58.4 Å². The van der Waals surface area contributed by atoms with E-state index in [0.29, 0.717) is 5.91 Å². The van der Waals surface area contributed by atoms with Crippen LogP contribution in [0.15, 0.2) is 30.3 Å². The number of hydrogen-bond acceptors (Lipinski definition) is 2. The van der Waals surface area contributed by atoms with Crippen LogP contribution in [0.2, 0.25) is 0 Å². The molecule has 1 fully saturated rings. The van der Waals surface area contributed by atoms with Gasteiger partial charge in [0.15, 0.2) is 0 Å². The van der Waals surface area contributed by atoms with Crippen molar-refractivity contribution in [1.82, 2.24) is 9.80 Å². The summed E-state index contributed by atoms with van der Waals surface area (Å²) >= 11 is 0. The summed E-state index contributed by atoms with van der Waals surface area (Å²) in [6.45, 7) is 7.01. The van der Waals surface area contributed by atoms with Crippen LogP contribution in [0.1, 0.15) is 57.4 Å². The van der Waals surface area contributed by atoms with Gasteiger partial charge in [0, 0.05) is 39.1 Å². The van der Waals surface area contributed by atoms with E-state index in [1.165, 1.54) is 37.7 Å². The lowest BCUT2D eigenvalue weighted by Crippen LogP contribution is -2.48. The summed E-state index contributed by atoms with van der Waals surface area (Å²) in [5.74, 6) is 0.361. The SMILES string of the molecule is CCCCCCCCC(=O)N1CCN(Cc2ccccc2)CC1. The van der Waals surface area contributed by atoms with E-state index in [2.05, 4.69) is 47.1 Å². The van der Waals surface area contributed by atoms with E-state index in [1.54, 1.807) is 0 Å². The molecule has 2 rings (SSSR count). The minimum Gasteiger partial charge on any atom is -0.340 e. The Kier molecular flexibility index (Phi) is 8.16. The fourth-order valence-corrected chi connectivity index (χ4v) is 3.21. The number of hydrogen-bond donors (Lipinski definition) is 0. The highest BCUT2D eigenvalue weighted by Crippen LogP contribution is 2.12. The van der Waals surface area contributed by atoms with E-state index in [4.69, 9.17) is 0 Å². The molecule has 0 N–H and O–H groups in total. The topological polar surface area (TPSA) is 23.6 Å². The molecule has 0 aromatic heterocycles. The highest BCUT2D eigenvalue weighted by molar-refractivity contribution is 5.76. The molecule has 0 radical (unpaired) electrons. The lowest BCUT2D eigenvalue weighted by molar-refractivity contribution is -0.133. The van der Waals surface area contributed by atoms with Gasteiger partial charge in [-0.1, -0.05) is 69.4 Å². The molecular formula is C20H32N2O. The van der Waals surface area contributed by atoms with E-state index >= 15 is 0 Å². The van der Waals surface area contributed by atoms with Gasteiger partial charge in [-0.05, 0) is 12.0 Å². The van der Waals surface area contributed by atoms with Crippen LogP contribution < -0.4 is 0 Å². The van der Waals surface area contributed by atoms with Crippen LogP contribution in [0.4, 0.5) is 0 Å². The standard InChI is InChI=1S/C20H32N2O/c1-2-3-4-5-6-10-13-20(23)22-16-14-21(15-17-22)18-19-11-8-7-9-12-19/h7-9,11-12H,2-6,10,13-18H2,1H3. The second kappa shape index (κ2) is 10.4. The number of benzene rings is 1. The number of carbonyl (C=O) groups is 1. The molecule has 3 heteroatoms. The van der Waals surface area contributed by atoms with Crippen molar-refractivity contribution in [1.29, 1.82) is 0 Å². The number of unbranched alkanes of at least 4 members (excludes halogenated alkanes) is 5. The van der Waals surface area contributed by atoms with Gasteiger partial charge < -0.3 is 4.90 Å². The van der Waals surface area contributed by atoms with Crippen molar-refractivity contribution in [2.75, 3.05) is 26.2 Å². The first-order valence-corrected chi connectivity index (χ1v) is 9.33. The second-order valence-corrected chi connectivity index (χ2v) is 6.66. The maximum absolute atomic E-state index is 12.3. The third-order valence-electron chi connectivity index (χ3n) is 4.72. The summed E-state index contributed by atoms with van der Waals surface area (Å²) < 4.78 is 0. The molecule has 128 valence electrons. The highest BCUT2D eigenvalue weighted by Gasteiger charge is 2.20. The molecule has 0 unspecified atom stereocenters. The predicted octanol–water partition coefficient (Wildman–Crippen LogP) is 4.08. The minimum absolute atomic E-state index is 0.361. The van der Waals surface area contributed by atoms with Crippen molar-refractivity contribution in [2.24, 2.45) is 0 Å². The molecule has 0 aliphatic carbocycles. The second-order valence-electron chi connectivity index (χ2n) is 6.66. The van der Waals surface area contributed by atoms with Gasteiger partial charge in [-0.2, -0.15) is 0 Å². The van der Waals surface area contributed by atoms with E-state index in [0.717, 1.165) is 45.6 Å². The molecule has 0 atom stereocenters. The molecule has 1 amide bonds. The van der Waals surface area contributed by atoms with Gasteiger partial charge in [0.1, 0.15) is 0 Å². The summed E-state index contributed by atoms with van der Waals surface area (Å²) in [5.41, 5.74) is 1.36. The highest BCUT2D eigenvalue weighted by atomic mass is 16.2. The first-order chi connectivity index (χ1) is 11.3. The maximum atomic E-state index is 12.3. The molecular weight excluding hydrogens is 284 g/mol. The molecule has 23 heavy (non-hydrogen) atoms. The van der Waals surface area contributed by atoms with Gasteiger partial charge in [-0.3, -0.25) is 9.69 Å². The van der Waals surface area contributed by atoms with Gasteiger partial charge in [0.05, 0.1) is 0 Å². The quantitative estimate of drug-likeness (QED) is 0.641. The summed E-state index contributed by atoms with van der Waals surface area (Å²) in [6, 6.07) is 10.6. The van der Waals surface area contributed by atoms with Gasteiger partial charge >= 0.3 is 0 Å². The lowest BCUT2D eigenvalue weighted by Gasteiger charge is -2.34. The van der Waals surface area contributed by atoms with Crippen LogP contribution in [0.25, 0.3) is 0 Å². The van der Waals surface area contributed by atoms with E-state index in [9.17, 15) is 4.79 Å². The Balaban J connectivity index is 1.59. The number of carbonyl (C=O) groups excluding carboxylic acids is 1. The van der Waals surface area contributed by atoms with Gasteiger partial charge in [-0.15, -0.1) is 0 Å². The number of rotatable bonds is 9. The number of amides is 1. The Morgan fingerprint density at radius 1 is 0.913 bits per heavy atom. The molecule has 1 saturated heterocycles. The summed E-state index contributed by atoms with van der Waals surface area (Å²) in [6.07, 6.45) is 8.23. The monoisotopic (exact) mass is 316 g/mol. The third-order valence-corrected chi connectivity index (χ3v) is 4.72. The zero-order chi connectivity index (χ0) is 16.3. The smallest absolute Gasteiger partial charge is 0.222 e. The Labute approximate surface area is 141 Å². The van der Waals surface area contributed by atoms with Crippen LogP contribution in [-0.4, -0.2) is 41.9 Å². The summed E-state index contributed by atoms with van der Waals surface area (Å²) in [5, 5.41) is 0. The maximum Gasteiger partial charge on any atom is 0.222 e. The lowest BCUT2D eigenvalue weighted by atomic mass is 10.1. The predicted molar refractivity (Wildman–Crippen MR) is 96.3 cm³/mol. The minimum atomic E-state index is 0.361. The molecule has 1 heterocycles. The average Bonchev–Trinajstić information content (AvgIpc) is 2.59. The summed E-state index contributed by atoms with van der Waals surface area (Å²) in [7, 11) is 0. The molecule has 0 bridgehead atoms. The van der Waals surface area contributed by atoms with Crippen molar-refractivity contribution >= 4 is 5.91 Å². The normalized spacial score (nSPS) is 15.8. The van der Waals surface area contributed by atoms with E-state index in [1.807, 2.05) is 0 Å². The molecule has 1 aliphatic rings. The van der Waals surface area contributed by atoms with Crippen LogP contribution in [0.5, 0.6) is 0 Å². The Morgan fingerprint density at radius 2 is 1.57 bits per heavy atom. The third kappa shape index (κ3) is 6.74. The van der Waals surface area contributed by atoms with Gasteiger partial charge in [0.25, 0.3) is 0 Å². The zero-order valence-electron chi connectivity index (χ0n) is 14.7. The molecule has 1 aromatic carbocycles. The van der Waals surface area contributed by atoms with Crippen molar-refractivity contribution in [3.63, 3.8) is 0 Å². The van der Waals surface area contributed by atoms with E-state index < -0.39 is 0 Å². The Morgan fingerprint density at radius 3 is 2.26 bits per heavy atom. The van der Waals surface area contributed by atoms with Crippen molar-refractivity contribution in [3.8, 4) is 0 Å². The molecule has 0 saturated carbocycles. The van der Waals surface area contributed by atoms with Crippen LogP contribution in [0.3, 0.4) is 0 Å². The number of nitrogens with zero attached hydrogens (tertiary/aromatic N) is 2. The number of piperazine rings is 1. The van der Waals surface area contributed by atoms with Gasteiger partial charge in [-0.25, -0.2) is 0 Å². The zero-order valence-corrected chi connectivity index (χ0v) is 14.7. The Hall–Kier alpha value is -1.35. The van der Waals surface area contributed by atoms with E-state index in [-0.39, 0.29) is 0 Å².